The zero-order valence-electron chi connectivity index (χ0n) is 24.8. The fraction of sp³-hybridized carbons (Fsp3) is 0.448. The molecule has 0 unspecified atom stereocenters. The van der Waals surface area contributed by atoms with Gasteiger partial charge in [0.2, 0.25) is 12.0 Å². The molecule has 4 rings (SSSR count). The van der Waals surface area contributed by atoms with Crippen LogP contribution in [-0.2, 0) is 28.6 Å². The molecule has 2 aromatic heterocycles. The molecule has 14 nitrogen and oxygen atoms in total. The summed E-state index contributed by atoms with van der Waals surface area (Å²) in [4.78, 5) is 45.8. The molecule has 1 aromatic carbocycles. The molecule has 0 amide bonds. The highest BCUT2D eigenvalue weighted by Crippen LogP contribution is 2.38. The first-order valence-corrected chi connectivity index (χ1v) is 13.3. The van der Waals surface area contributed by atoms with Gasteiger partial charge in [0, 0.05) is 18.4 Å². The molecule has 0 spiro atoms. The Hall–Kier alpha value is -4.40. The molecule has 3 aromatic rings. The highest BCUT2D eigenvalue weighted by Gasteiger charge is 2.53. The summed E-state index contributed by atoms with van der Waals surface area (Å²) >= 11 is 0. The van der Waals surface area contributed by atoms with Gasteiger partial charge in [-0.1, -0.05) is 5.16 Å². The summed E-state index contributed by atoms with van der Waals surface area (Å²) < 4.78 is 33.7. The quantitative estimate of drug-likeness (QED) is 0.141. The van der Waals surface area contributed by atoms with Gasteiger partial charge < -0.3 is 48.1 Å². The van der Waals surface area contributed by atoms with Crippen molar-refractivity contribution in [2.75, 3.05) is 20.8 Å². The van der Waals surface area contributed by atoms with Crippen LogP contribution in [0, 0.1) is 13.8 Å². The Kier molecular flexibility index (Phi) is 9.13. The van der Waals surface area contributed by atoms with E-state index in [1.807, 2.05) is 0 Å². The minimum atomic E-state index is -1.51. The van der Waals surface area contributed by atoms with Crippen molar-refractivity contribution in [3.8, 4) is 11.5 Å². The summed E-state index contributed by atoms with van der Waals surface area (Å²) in [6.07, 6.45) is -4.92. The maximum absolute atomic E-state index is 13.0. The van der Waals surface area contributed by atoms with Gasteiger partial charge in [-0.2, -0.15) is 0 Å². The number of aryl methyl sites for hydroxylation is 2. The van der Waals surface area contributed by atoms with Crippen LogP contribution >= 0.6 is 0 Å². The van der Waals surface area contributed by atoms with Gasteiger partial charge in [-0.25, -0.2) is 14.4 Å². The molecular formula is C29H34N2O12. The van der Waals surface area contributed by atoms with Crippen LogP contribution in [-0.4, -0.2) is 83.9 Å². The van der Waals surface area contributed by atoms with E-state index < -0.39 is 64.8 Å². The Balaban J connectivity index is 1.69. The molecule has 14 heteroatoms. The van der Waals surface area contributed by atoms with Crippen LogP contribution in [0.4, 0.5) is 0 Å². The Morgan fingerprint density at radius 2 is 1.86 bits per heavy atom. The number of aromatic hydroxyl groups is 1. The summed E-state index contributed by atoms with van der Waals surface area (Å²) in [6, 6.07) is 6.11. The topological polar surface area (TPSA) is 188 Å². The van der Waals surface area contributed by atoms with E-state index in [4.69, 9.17) is 28.1 Å². The van der Waals surface area contributed by atoms with E-state index in [0.29, 0.717) is 0 Å². The summed E-state index contributed by atoms with van der Waals surface area (Å²) in [6.45, 7) is 8.28. The van der Waals surface area contributed by atoms with Gasteiger partial charge in [-0.3, -0.25) is 0 Å². The number of aromatic amines is 1. The van der Waals surface area contributed by atoms with Crippen LogP contribution in [0.2, 0.25) is 0 Å². The van der Waals surface area contributed by atoms with Crippen molar-refractivity contribution in [2.45, 2.75) is 64.8 Å². The number of nitrogens with zero attached hydrogens (tertiary/aromatic N) is 1. The van der Waals surface area contributed by atoms with E-state index in [1.165, 1.54) is 19.2 Å². The fourth-order valence-corrected chi connectivity index (χ4v) is 4.92. The highest BCUT2D eigenvalue weighted by molar-refractivity contribution is 6.44. The Morgan fingerprint density at radius 3 is 2.47 bits per heavy atom. The first-order chi connectivity index (χ1) is 20.3. The van der Waals surface area contributed by atoms with E-state index >= 15 is 0 Å². The van der Waals surface area contributed by atoms with E-state index in [0.717, 1.165) is 12.8 Å². The number of benzene rings is 1. The third-order valence-electron chi connectivity index (χ3n) is 6.95. The van der Waals surface area contributed by atoms with Crippen LogP contribution in [0.3, 0.4) is 0 Å². The Labute approximate surface area is 246 Å². The molecule has 1 aliphatic heterocycles. The number of H-pyrrole nitrogens is 1. The number of fused-ring (bicyclic) bond motifs is 1. The molecular weight excluding hydrogens is 568 g/mol. The summed E-state index contributed by atoms with van der Waals surface area (Å²) in [7, 11) is 2.57. The van der Waals surface area contributed by atoms with Crippen LogP contribution in [0.15, 0.2) is 38.6 Å². The molecule has 1 fully saturated rings. The zero-order chi connectivity index (χ0) is 31.6. The zero-order valence-corrected chi connectivity index (χ0v) is 24.8. The fourth-order valence-electron chi connectivity index (χ4n) is 4.92. The van der Waals surface area contributed by atoms with Crippen molar-refractivity contribution >= 4 is 28.6 Å². The number of hydrogen-bond acceptors (Lipinski definition) is 13. The molecule has 0 saturated carbocycles. The first kappa shape index (κ1) is 31.5. The molecule has 232 valence electrons. The maximum Gasteiger partial charge on any atom is 0.361 e. The SMILES string of the molecule is CCOC(=O)/C(=N\OC)c1c(O)c2ccc(O[C@@H]3OC(C)(C)[C@H](OC)[C@@H](OC(=O)c4ccc(C)[nH]4)[C@H]3O)c(C)c2oc1=O. The van der Waals surface area contributed by atoms with Gasteiger partial charge in [-0.15, -0.1) is 0 Å². The lowest BCUT2D eigenvalue weighted by Gasteiger charge is -2.47. The number of carbonyl (C=O) groups is 2. The Bertz CT molecular complexity index is 1600. The Morgan fingerprint density at radius 1 is 1.14 bits per heavy atom. The van der Waals surface area contributed by atoms with Crippen LogP contribution in [0.1, 0.15) is 48.1 Å². The van der Waals surface area contributed by atoms with Crippen molar-refractivity contribution in [1.82, 2.24) is 4.98 Å². The largest absolute Gasteiger partial charge is 0.506 e. The molecule has 0 bridgehead atoms. The van der Waals surface area contributed by atoms with Crippen molar-refractivity contribution in [3.05, 3.63) is 57.2 Å². The van der Waals surface area contributed by atoms with Crippen molar-refractivity contribution in [2.24, 2.45) is 5.16 Å². The van der Waals surface area contributed by atoms with Gasteiger partial charge in [0.1, 0.15) is 41.6 Å². The lowest BCUT2D eigenvalue weighted by molar-refractivity contribution is -0.305. The number of ether oxygens (including phenoxy) is 5. The average Bonchev–Trinajstić information content (AvgIpc) is 3.39. The number of nitrogens with one attached hydrogen (secondary N) is 1. The molecule has 3 N–H and O–H groups in total. The minimum Gasteiger partial charge on any atom is -0.506 e. The molecule has 0 aliphatic carbocycles. The minimum absolute atomic E-state index is 0.0102. The lowest BCUT2D eigenvalue weighted by atomic mass is 9.89. The number of esters is 2. The second-order valence-electron chi connectivity index (χ2n) is 10.3. The van der Waals surface area contributed by atoms with Crippen molar-refractivity contribution in [3.63, 3.8) is 0 Å². The number of carbonyl (C=O) groups excluding carboxylic acids is 2. The molecule has 1 aliphatic rings. The first-order valence-electron chi connectivity index (χ1n) is 13.3. The summed E-state index contributed by atoms with van der Waals surface area (Å²) in [5.74, 6) is -2.16. The second kappa shape index (κ2) is 12.5. The third kappa shape index (κ3) is 6.07. The van der Waals surface area contributed by atoms with Gasteiger partial charge in [0.15, 0.2) is 12.2 Å². The number of aliphatic hydroxyl groups is 1. The van der Waals surface area contributed by atoms with Gasteiger partial charge in [0.25, 0.3) is 0 Å². The summed E-state index contributed by atoms with van der Waals surface area (Å²) in [5, 5.41) is 25.9. The smallest absolute Gasteiger partial charge is 0.361 e. The second-order valence-corrected chi connectivity index (χ2v) is 10.3. The highest BCUT2D eigenvalue weighted by atomic mass is 16.7. The predicted octanol–water partition coefficient (Wildman–Crippen LogP) is 2.47. The third-order valence-corrected chi connectivity index (χ3v) is 6.95. The van der Waals surface area contributed by atoms with Gasteiger partial charge in [-0.05, 0) is 58.9 Å². The normalized spacial score (nSPS) is 21.8. The number of aliphatic hydroxyl groups excluding tert-OH is 1. The summed E-state index contributed by atoms with van der Waals surface area (Å²) in [5.41, 5.74) is -2.14. The van der Waals surface area contributed by atoms with Gasteiger partial charge in [0.05, 0.1) is 17.6 Å². The molecule has 3 heterocycles. The lowest BCUT2D eigenvalue weighted by Crippen LogP contribution is -2.65. The average molecular weight is 603 g/mol. The maximum atomic E-state index is 13.0. The van der Waals surface area contributed by atoms with E-state index in [2.05, 4.69) is 15.0 Å². The van der Waals surface area contributed by atoms with E-state index in [1.54, 1.807) is 46.8 Å². The van der Waals surface area contributed by atoms with Crippen LogP contribution in [0.5, 0.6) is 11.5 Å². The molecule has 1 saturated heterocycles. The number of rotatable bonds is 9. The van der Waals surface area contributed by atoms with E-state index in [9.17, 15) is 24.6 Å². The molecule has 4 atom stereocenters. The number of methoxy groups -OCH3 is 1. The monoisotopic (exact) mass is 602 g/mol. The number of oxime groups is 1. The number of aromatic nitrogens is 1. The van der Waals surface area contributed by atoms with Gasteiger partial charge >= 0.3 is 17.6 Å². The molecule has 0 radical (unpaired) electrons. The van der Waals surface area contributed by atoms with Crippen LogP contribution in [0.25, 0.3) is 11.0 Å². The van der Waals surface area contributed by atoms with E-state index in [-0.39, 0.29) is 34.6 Å². The predicted molar refractivity (Wildman–Crippen MR) is 150 cm³/mol. The van der Waals surface area contributed by atoms with Crippen LogP contribution < -0.4 is 10.4 Å². The standard InChI is InChI=1S/C29H34N2O12/c1-8-39-27(36)19(31-38-7)18-20(32)15-10-12-17(14(3)22(15)41-26(18)35)40-28-21(33)23(24(37-6)29(4,5)43-28)42-25(34)16-11-9-13(2)30-16/h9-12,21,23-24,28,30,32-33H,8H2,1-7H3/b31-19-/t21-,23+,24-,28-/m1/s1. The van der Waals surface area contributed by atoms with Crippen molar-refractivity contribution < 1.29 is 52.7 Å². The molecule has 43 heavy (non-hydrogen) atoms. The van der Waals surface area contributed by atoms with Crippen molar-refractivity contribution in [1.29, 1.82) is 0 Å². The number of hydrogen-bond donors (Lipinski definition) is 3.